The molecule has 0 atom stereocenters. The van der Waals surface area contributed by atoms with E-state index in [0.717, 1.165) is 0 Å². The van der Waals surface area contributed by atoms with Crippen LogP contribution in [0.15, 0.2) is 6.07 Å². The molecule has 0 radical (unpaired) electrons. The molecule has 1 heterocycles. The molecule has 0 unspecified atom stereocenters. The van der Waals surface area contributed by atoms with E-state index in [2.05, 4.69) is 9.97 Å². The zero-order valence-corrected chi connectivity index (χ0v) is 10.5. The van der Waals surface area contributed by atoms with Crippen molar-refractivity contribution in [2.24, 2.45) is 0 Å². The number of aromatic nitrogens is 2. The molecular formula is C9H16N3O3P. The summed E-state index contributed by atoms with van der Waals surface area (Å²) in [6.07, 6.45) is 0. The summed E-state index contributed by atoms with van der Waals surface area (Å²) in [5.41, 5.74) is 6.33. The summed E-state index contributed by atoms with van der Waals surface area (Å²) in [7, 11) is -3.36. The van der Waals surface area contributed by atoms with E-state index >= 15 is 0 Å². The maximum atomic E-state index is 12.3. The fourth-order valence-electron chi connectivity index (χ4n) is 1.22. The lowest BCUT2D eigenvalue weighted by atomic mass is 10.5. The Kier molecular flexibility index (Phi) is 4.41. The summed E-state index contributed by atoms with van der Waals surface area (Å²) in [5, 5.41) is 0. The van der Waals surface area contributed by atoms with Crippen molar-refractivity contribution >= 4 is 19.0 Å². The minimum absolute atomic E-state index is 0.0645. The maximum Gasteiger partial charge on any atom is 0.379 e. The quantitative estimate of drug-likeness (QED) is 0.786. The Balaban J connectivity index is 3.15. The van der Waals surface area contributed by atoms with Gasteiger partial charge in [0.05, 0.1) is 13.2 Å². The third-order valence-electron chi connectivity index (χ3n) is 1.74. The Hall–Kier alpha value is -0.970. The second-order valence-corrected chi connectivity index (χ2v) is 5.03. The summed E-state index contributed by atoms with van der Waals surface area (Å²) in [4.78, 5) is 7.80. The predicted molar refractivity (Wildman–Crippen MR) is 61.7 cm³/mol. The lowest BCUT2D eigenvalue weighted by molar-refractivity contribution is 0.229. The van der Waals surface area contributed by atoms with E-state index < -0.39 is 7.60 Å². The van der Waals surface area contributed by atoms with E-state index in [1.165, 1.54) is 0 Å². The second kappa shape index (κ2) is 5.39. The summed E-state index contributed by atoms with van der Waals surface area (Å²) >= 11 is 0. The molecule has 0 aliphatic rings. The first kappa shape index (κ1) is 13.1. The molecular weight excluding hydrogens is 229 g/mol. The van der Waals surface area contributed by atoms with Crippen molar-refractivity contribution in [3.63, 3.8) is 0 Å². The van der Waals surface area contributed by atoms with E-state index in [1.807, 2.05) is 0 Å². The predicted octanol–water partition coefficient (Wildman–Crippen LogP) is 1.26. The zero-order chi connectivity index (χ0) is 12.2. The minimum atomic E-state index is -3.36. The number of hydrogen-bond acceptors (Lipinski definition) is 6. The third kappa shape index (κ3) is 3.01. The highest BCUT2D eigenvalue weighted by molar-refractivity contribution is 7.61. The van der Waals surface area contributed by atoms with E-state index in [9.17, 15) is 4.57 Å². The smallest absolute Gasteiger partial charge is 0.368 e. The van der Waals surface area contributed by atoms with Crippen LogP contribution in [-0.4, -0.2) is 23.2 Å². The van der Waals surface area contributed by atoms with Gasteiger partial charge in [-0.3, -0.25) is 4.57 Å². The van der Waals surface area contributed by atoms with Crippen molar-refractivity contribution in [1.29, 1.82) is 0 Å². The van der Waals surface area contributed by atoms with Gasteiger partial charge in [0.2, 0.25) is 5.95 Å². The Labute approximate surface area is 94.7 Å². The van der Waals surface area contributed by atoms with Gasteiger partial charge in [0.25, 0.3) is 0 Å². The molecule has 2 N–H and O–H groups in total. The zero-order valence-electron chi connectivity index (χ0n) is 9.64. The van der Waals surface area contributed by atoms with E-state index in [-0.39, 0.29) is 24.6 Å². The monoisotopic (exact) mass is 245 g/mol. The standard InChI is InChI=1S/C9H16N3O3P/c1-4-14-16(13,15-5-2)8-6-7(3)11-9(10)12-8/h6H,4-5H2,1-3H3,(H2,10,11,12). The van der Waals surface area contributed by atoms with Crippen molar-refractivity contribution in [1.82, 2.24) is 9.97 Å². The number of aryl methyl sites for hydroxylation is 1. The molecule has 6 nitrogen and oxygen atoms in total. The largest absolute Gasteiger partial charge is 0.379 e. The third-order valence-corrected chi connectivity index (χ3v) is 3.72. The first-order valence-corrected chi connectivity index (χ1v) is 6.57. The van der Waals surface area contributed by atoms with Crippen molar-refractivity contribution in [2.45, 2.75) is 20.8 Å². The highest BCUT2D eigenvalue weighted by atomic mass is 31.2. The highest BCUT2D eigenvalue weighted by Crippen LogP contribution is 2.46. The lowest BCUT2D eigenvalue weighted by Gasteiger charge is -2.16. The van der Waals surface area contributed by atoms with Crippen molar-refractivity contribution in [3.8, 4) is 0 Å². The highest BCUT2D eigenvalue weighted by Gasteiger charge is 2.29. The average molecular weight is 245 g/mol. The molecule has 0 fully saturated rings. The molecule has 1 aromatic rings. The molecule has 0 saturated heterocycles. The van der Waals surface area contributed by atoms with Crippen molar-refractivity contribution < 1.29 is 13.6 Å². The number of nitrogen functional groups attached to an aromatic ring is 1. The van der Waals surface area contributed by atoms with Crippen LogP contribution in [0, 0.1) is 6.92 Å². The molecule has 16 heavy (non-hydrogen) atoms. The van der Waals surface area contributed by atoms with Crippen LogP contribution < -0.4 is 11.2 Å². The van der Waals surface area contributed by atoms with Gasteiger partial charge in [-0.1, -0.05) is 0 Å². The SMILES string of the molecule is CCOP(=O)(OCC)c1cc(C)nc(N)n1. The van der Waals surface area contributed by atoms with Gasteiger partial charge in [-0.25, -0.2) is 9.97 Å². The lowest BCUT2D eigenvalue weighted by Crippen LogP contribution is -2.17. The molecule has 0 aromatic carbocycles. The first-order chi connectivity index (χ1) is 7.51. The van der Waals surface area contributed by atoms with Gasteiger partial charge in [-0.15, -0.1) is 0 Å². The molecule has 0 aliphatic carbocycles. The number of hydrogen-bond donors (Lipinski definition) is 1. The van der Waals surface area contributed by atoms with Gasteiger partial charge in [0.15, 0.2) is 5.44 Å². The van der Waals surface area contributed by atoms with Crippen LogP contribution in [0.25, 0.3) is 0 Å². The van der Waals surface area contributed by atoms with Crippen molar-refractivity contribution in [3.05, 3.63) is 11.8 Å². The Bertz CT molecular complexity index is 381. The average Bonchev–Trinajstić information content (AvgIpc) is 2.16. The van der Waals surface area contributed by atoms with Gasteiger partial charge in [-0.05, 0) is 26.8 Å². The van der Waals surface area contributed by atoms with Gasteiger partial charge in [0, 0.05) is 5.69 Å². The Morgan fingerprint density at radius 2 is 1.88 bits per heavy atom. The first-order valence-electron chi connectivity index (χ1n) is 5.02. The van der Waals surface area contributed by atoms with E-state index in [1.54, 1.807) is 26.8 Å². The molecule has 0 aliphatic heterocycles. The van der Waals surface area contributed by atoms with E-state index in [0.29, 0.717) is 5.69 Å². The van der Waals surface area contributed by atoms with Gasteiger partial charge < -0.3 is 14.8 Å². The Morgan fingerprint density at radius 3 is 2.31 bits per heavy atom. The van der Waals surface area contributed by atoms with Crippen LogP contribution in [-0.2, 0) is 13.6 Å². The number of nitrogens with zero attached hydrogens (tertiary/aromatic N) is 2. The number of rotatable bonds is 5. The summed E-state index contributed by atoms with van der Waals surface area (Å²) in [6.45, 7) is 5.77. The maximum absolute atomic E-state index is 12.3. The van der Waals surface area contributed by atoms with E-state index in [4.69, 9.17) is 14.8 Å². The normalized spacial score (nSPS) is 11.7. The molecule has 1 aromatic heterocycles. The summed E-state index contributed by atoms with van der Waals surface area (Å²) < 4.78 is 22.6. The summed E-state index contributed by atoms with van der Waals surface area (Å²) in [6, 6.07) is 1.56. The summed E-state index contributed by atoms with van der Waals surface area (Å²) in [5.74, 6) is 0.0645. The minimum Gasteiger partial charge on any atom is -0.368 e. The molecule has 90 valence electrons. The molecule has 7 heteroatoms. The number of nitrogens with two attached hydrogens (primary N) is 1. The van der Waals surface area contributed by atoms with Crippen LogP contribution in [0.1, 0.15) is 19.5 Å². The number of anilines is 1. The van der Waals surface area contributed by atoms with Crippen LogP contribution in [0.3, 0.4) is 0 Å². The van der Waals surface area contributed by atoms with Crippen LogP contribution in [0.2, 0.25) is 0 Å². The fraction of sp³-hybridized carbons (Fsp3) is 0.556. The fourth-order valence-corrected chi connectivity index (χ4v) is 2.81. The molecule has 1 rings (SSSR count). The van der Waals surface area contributed by atoms with Crippen molar-refractivity contribution in [2.75, 3.05) is 18.9 Å². The second-order valence-electron chi connectivity index (χ2n) is 3.06. The van der Waals surface area contributed by atoms with Gasteiger partial charge >= 0.3 is 7.60 Å². The van der Waals surface area contributed by atoms with Gasteiger partial charge in [-0.2, -0.15) is 0 Å². The Morgan fingerprint density at radius 1 is 1.31 bits per heavy atom. The van der Waals surface area contributed by atoms with Gasteiger partial charge in [0.1, 0.15) is 0 Å². The molecule has 0 amide bonds. The molecule has 0 bridgehead atoms. The van der Waals surface area contributed by atoms with Crippen LogP contribution >= 0.6 is 7.60 Å². The van der Waals surface area contributed by atoms with Crippen LogP contribution in [0.4, 0.5) is 5.95 Å². The topological polar surface area (TPSA) is 87.3 Å². The molecule has 0 spiro atoms. The molecule has 0 saturated carbocycles. The van der Waals surface area contributed by atoms with Crippen LogP contribution in [0.5, 0.6) is 0 Å².